The lowest BCUT2D eigenvalue weighted by molar-refractivity contribution is 0.0996. The number of thiophene rings is 1. The SMILES string of the molecule is CC(C)COc1ccc(NC(=O)c2ccccc2N(C)C(=O)c2cccs2)cc1Cl. The molecule has 0 radical (unpaired) electrons. The molecular weight excluding hydrogens is 420 g/mol. The molecule has 7 heteroatoms. The summed E-state index contributed by atoms with van der Waals surface area (Å²) in [5.74, 6) is 0.458. The molecular formula is C23H23ClN2O3S. The van der Waals surface area contributed by atoms with Crippen LogP contribution in [-0.2, 0) is 0 Å². The van der Waals surface area contributed by atoms with Crippen LogP contribution in [0, 0.1) is 5.92 Å². The van der Waals surface area contributed by atoms with E-state index in [9.17, 15) is 9.59 Å². The number of rotatable bonds is 7. The van der Waals surface area contributed by atoms with E-state index in [1.54, 1.807) is 55.6 Å². The molecule has 2 aromatic carbocycles. The van der Waals surface area contributed by atoms with E-state index >= 15 is 0 Å². The van der Waals surface area contributed by atoms with E-state index in [4.69, 9.17) is 16.3 Å². The number of halogens is 1. The second-order valence-corrected chi connectivity index (χ2v) is 8.52. The van der Waals surface area contributed by atoms with Crippen LogP contribution in [0.4, 0.5) is 11.4 Å². The summed E-state index contributed by atoms with van der Waals surface area (Å²) in [6.07, 6.45) is 0. The Morgan fingerprint density at radius 2 is 1.90 bits per heavy atom. The summed E-state index contributed by atoms with van der Waals surface area (Å²) < 4.78 is 5.67. The van der Waals surface area contributed by atoms with Gasteiger partial charge in [-0.2, -0.15) is 0 Å². The quantitative estimate of drug-likeness (QED) is 0.490. The average molecular weight is 443 g/mol. The summed E-state index contributed by atoms with van der Waals surface area (Å²) in [7, 11) is 1.66. The third kappa shape index (κ3) is 5.20. The Labute approximate surface area is 185 Å². The van der Waals surface area contributed by atoms with Gasteiger partial charge in [-0.15, -0.1) is 11.3 Å². The van der Waals surface area contributed by atoms with Crippen molar-refractivity contribution < 1.29 is 14.3 Å². The zero-order valence-electron chi connectivity index (χ0n) is 17.0. The zero-order valence-corrected chi connectivity index (χ0v) is 18.6. The van der Waals surface area contributed by atoms with Gasteiger partial charge in [-0.1, -0.05) is 43.6 Å². The van der Waals surface area contributed by atoms with Gasteiger partial charge in [0.2, 0.25) is 0 Å². The molecule has 3 aromatic rings. The predicted molar refractivity (Wildman–Crippen MR) is 123 cm³/mol. The van der Waals surface area contributed by atoms with Crippen molar-refractivity contribution in [2.75, 3.05) is 23.9 Å². The van der Waals surface area contributed by atoms with Gasteiger partial charge in [0, 0.05) is 12.7 Å². The molecule has 5 nitrogen and oxygen atoms in total. The first-order valence-electron chi connectivity index (χ1n) is 9.51. The van der Waals surface area contributed by atoms with Gasteiger partial charge in [-0.05, 0) is 47.7 Å². The maximum absolute atomic E-state index is 12.9. The minimum Gasteiger partial charge on any atom is -0.492 e. The van der Waals surface area contributed by atoms with Crippen LogP contribution in [0.2, 0.25) is 5.02 Å². The van der Waals surface area contributed by atoms with Crippen molar-refractivity contribution in [3.63, 3.8) is 0 Å². The summed E-state index contributed by atoms with van der Waals surface area (Å²) in [5.41, 5.74) is 1.46. The van der Waals surface area contributed by atoms with E-state index in [0.717, 1.165) is 0 Å². The van der Waals surface area contributed by atoms with Crippen molar-refractivity contribution in [2.24, 2.45) is 5.92 Å². The number of anilines is 2. The first kappa shape index (κ1) is 21.9. The fourth-order valence-corrected chi connectivity index (χ4v) is 3.72. The van der Waals surface area contributed by atoms with Crippen molar-refractivity contribution in [1.82, 2.24) is 0 Å². The molecule has 0 saturated heterocycles. The molecule has 1 heterocycles. The Kier molecular flexibility index (Phi) is 7.13. The normalized spacial score (nSPS) is 10.7. The molecule has 0 saturated carbocycles. The van der Waals surface area contributed by atoms with Crippen LogP contribution in [0.3, 0.4) is 0 Å². The fraction of sp³-hybridized carbons (Fsp3) is 0.217. The van der Waals surface area contributed by atoms with Crippen LogP contribution in [0.25, 0.3) is 0 Å². The van der Waals surface area contributed by atoms with Gasteiger partial charge in [0.15, 0.2) is 0 Å². The van der Waals surface area contributed by atoms with Crippen LogP contribution >= 0.6 is 22.9 Å². The third-order valence-corrected chi connectivity index (χ3v) is 5.46. The van der Waals surface area contributed by atoms with E-state index in [-0.39, 0.29) is 11.8 Å². The number of para-hydroxylation sites is 1. The van der Waals surface area contributed by atoms with Crippen LogP contribution in [0.15, 0.2) is 60.0 Å². The highest BCUT2D eigenvalue weighted by Gasteiger charge is 2.20. The summed E-state index contributed by atoms with van der Waals surface area (Å²) in [5, 5.41) is 5.11. The molecule has 156 valence electrons. The molecule has 0 aliphatic carbocycles. The topological polar surface area (TPSA) is 58.6 Å². The van der Waals surface area contributed by atoms with Gasteiger partial charge >= 0.3 is 0 Å². The lowest BCUT2D eigenvalue weighted by atomic mass is 10.1. The molecule has 0 aliphatic rings. The second-order valence-electron chi connectivity index (χ2n) is 7.16. The van der Waals surface area contributed by atoms with Gasteiger partial charge in [0.05, 0.1) is 27.8 Å². The highest BCUT2D eigenvalue weighted by atomic mass is 35.5. The fourth-order valence-electron chi connectivity index (χ4n) is 2.78. The minimum atomic E-state index is -0.330. The number of hydrogen-bond donors (Lipinski definition) is 1. The van der Waals surface area contributed by atoms with Crippen LogP contribution in [-0.4, -0.2) is 25.5 Å². The Hall–Kier alpha value is -2.83. The Morgan fingerprint density at radius 3 is 2.57 bits per heavy atom. The Morgan fingerprint density at radius 1 is 1.13 bits per heavy atom. The molecule has 1 aromatic heterocycles. The van der Waals surface area contributed by atoms with E-state index in [1.165, 1.54) is 16.2 Å². The molecule has 2 amide bonds. The number of carbonyl (C=O) groups is 2. The Bertz CT molecular complexity index is 1030. The largest absolute Gasteiger partial charge is 0.492 e. The van der Waals surface area contributed by atoms with Gasteiger partial charge in [0.1, 0.15) is 5.75 Å². The number of amides is 2. The van der Waals surface area contributed by atoms with Crippen molar-refractivity contribution in [2.45, 2.75) is 13.8 Å². The van der Waals surface area contributed by atoms with Crippen molar-refractivity contribution >= 4 is 46.1 Å². The average Bonchev–Trinajstić information content (AvgIpc) is 3.27. The molecule has 0 atom stereocenters. The third-order valence-electron chi connectivity index (χ3n) is 4.31. The monoisotopic (exact) mass is 442 g/mol. The van der Waals surface area contributed by atoms with E-state index in [0.29, 0.717) is 45.1 Å². The molecule has 0 unspecified atom stereocenters. The van der Waals surface area contributed by atoms with E-state index < -0.39 is 0 Å². The number of nitrogens with zero attached hydrogens (tertiary/aromatic N) is 1. The molecule has 0 fully saturated rings. The zero-order chi connectivity index (χ0) is 21.7. The van der Waals surface area contributed by atoms with Crippen molar-refractivity contribution in [3.05, 3.63) is 75.4 Å². The van der Waals surface area contributed by atoms with Gasteiger partial charge in [0.25, 0.3) is 11.8 Å². The maximum atomic E-state index is 12.9. The van der Waals surface area contributed by atoms with E-state index in [1.807, 2.05) is 11.4 Å². The molecule has 0 aliphatic heterocycles. The van der Waals surface area contributed by atoms with E-state index in [2.05, 4.69) is 19.2 Å². The summed E-state index contributed by atoms with van der Waals surface area (Å²) in [6.45, 7) is 4.67. The maximum Gasteiger partial charge on any atom is 0.268 e. The van der Waals surface area contributed by atoms with Gasteiger partial charge < -0.3 is 15.0 Å². The predicted octanol–water partition coefficient (Wildman–Crippen LogP) is 5.97. The van der Waals surface area contributed by atoms with Crippen LogP contribution in [0.5, 0.6) is 5.75 Å². The van der Waals surface area contributed by atoms with Crippen LogP contribution in [0.1, 0.15) is 33.9 Å². The molecule has 1 N–H and O–H groups in total. The molecule has 0 bridgehead atoms. The lowest BCUT2D eigenvalue weighted by Gasteiger charge is -2.20. The molecule has 0 spiro atoms. The van der Waals surface area contributed by atoms with Gasteiger partial charge in [-0.25, -0.2) is 0 Å². The molecule has 30 heavy (non-hydrogen) atoms. The Balaban J connectivity index is 1.78. The minimum absolute atomic E-state index is 0.167. The highest BCUT2D eigenvalue weighted by Crippen LogP contribution is 2.29. The number of benzene rings is 2. The van der Waals surface area contributed by atoms with Gasteiger partial charge in [-0.3, -0.25) is 9.59 Å². The summed E-state index contributed by atoms with van der Waals surface area (Å²) in [6, 6.07) is 15.7. The number of carbonyl (C=O) groups excluding carboxylic acids is 2. The first-order chi connectivity index (χ1) is 14.4. The van der Waals surface area contributed by atoms with Crippen molar-refractivity contribution in [1.29, 1.82) is 0 Å². The standard InChI is InChI=1S/C23H23ClN2O3S/c1-15(2)14-29-20-11-10-16(13-18(20)24)25-22(27)17-7-4-5-8-19(17)26(3)23(28)21-9-6-12-30-21/h4-13,15H,14H2,1-3H3,(H,25,27). The number of hydrogen-bond acceptors (Lipinski definition) is 4. The second kappa shape index (κ2) is 9.78. The summed E-state index contributed by atoms with van der Waals surface area (Å²) >= 11 is 7.66. The summed E-state index contributed by atoms with van der Waals surface area (Å²) in [4.78, 5) is 27.7. The number of ether oxygens (including phenoxy) is 1. The van der Waals surface area contributed by atoms with Crippen LogP contribution < -0.4 is 15.0 Å². The smallest absolute Gasteiger partial charge is 0.268 e. The van der Waals surface area contributed by atoms with Crippen molar-refractivity contribution in [3.8, 4) is 5.75 Å². The highest BCUT2D eigenvalue weighted by molar-refractivity contribution is 7.12. The first-order valence-corrected chi connectivity index (χ1v) is 10.8. The number of nitrogens with one attached hydrogen (secondary N) is 1. The lowest BCUT2D eigenvalue weighted by Crippen LogP contribution is -2.28. The molecule has 3 rings (SSSR count).